The highest BCUT2D eigenvalue weighted by molar-refractivity contribution is 6.04. The zero-order chi connectivity index (χ0) is 23.5. The number of aliphatic hydroxyl groups excluding tert-OH is 1. The average Bonchev–Trinajstić information content (AvgIpc) is 3.34. The van der Waals surface area contributed by atoms with Gasteiger partial charge in [-0.2, -0.15) is 0 Å². The molecular weight excluding hydrogens is 436 g/mol. The van der Waals surface area contributed by atoms with Crippen molar-refractivity contribution in [3.8, 4) is 11.5 Å². The number of nitrogens with one attached hydrogen (secondary N) is 1. The van der Waals surface area contributed by atoms with E-state index in [2.05, 4.69) is 5.32 Å². The quantitative estimate of drug-likeness (QED) is 0.587. The van der Waals surface area contributed by atoms with Gasteiger partial charge in [-0.05, 0) is 41.5 Å². The molecule has 2 amide bonds. The van der Waals surface area contributed by atoms with E-state index >= 15 is 0 Å². The molecule has 1 fully saturated rings. The average molecular weight is 460 g/mol. The fourth-order valence-corrected chi connectivity index (χ4v) is 4.10. The third kappa shape index (κ3) is 4.59. The van der Waals surface area contributed by atoms with Crippen LogP contribution in [0.5, 0.6) is 11.5 Å². The van der Waals surface area contributed by atoms with Crippen molar-refractivity contribution < 1.29 is 28.9 Å². The van der Waals surface area contributed by atoms with Gasteiger partial charge in [0.05, 0.1) is 12.6 Å². The minimum Gasteiger partial charge on any atom is -0.454 e. The number of carbonyl (C=O) groups excluding carboxylic acids is 2. The second kappa shape index (κ2) is 9.54. The zero-order valence-corrected chi connectivity index (χ0v) is 18.3. The van der Waals surface area contributed by atoms with Crippen LogP contribution in [0.1, 0.15) is 27.6 Å². The van der Waals surface area contributed by atoms with Gasteiger partial charge in [-0.15, -0.1) is 0 Å². The molecular formula is C26H24N2O6. The summed E-state index contributed by atoms with van der Waals surface area (Å²) in [7, 11) is 0. The number of benzene rings is 3. The van der Waals surface area contributed by atoms with Crippen LogP contribution in [-0.4, -0.2) is 47.9 Å². The van der Waals surface area contributed by atoms with Crippen LogP contribution < -0.4 is 14.8 Å². The highest BCUT2D eigenvalue weighted by atomic mass is 16.7. The summed E-state index contributed by atoms with van der Waals surface area (Å²) in [4.78, 5) is 26.8. The Morgan fingerprint density at radius 1 is 1.03 bits per heavy atom. The number of hydrogen-bond acceptors (Lipinski definition) is 6. The number of carbonyl (C=O) groups is 2. The van der Waals surface area contributed by atoms with E-state index in [1.807, 2.05) is 30.3 Å². The SMILES string of the molecule is O=C(Nc1ccc(C(O)C2COCC(=O)N2Cc2ccccc2)cc1)c1ccc2c(c1)OCO2. The van der Waals surface area contributed by atoms with E-state index in [1.54, 1.807) is 47.4 Å². The Hall–Kier alpha value is -3.88. The summed E-state index contributed by atoms with van der Waals surface area (Å²) in [5.41, 5.74) is 2.64. The Balaban J connectivity index is 1.27. The van der Waals surface area contributed by atoms with E-state index in [1.165, 1.54) is 0 Å². The van der Waals surface area contributed by atoms with Gasteiger partial charge in [0.2, 0.25) is 12.7 Å². The lowest BCUT2D eigenvalue weighted by Gasteiger charge is -2.38. The van der Waals surface area contributed by atoms with Crippen molar-refractivity contribution in [2.75, 3.05) is 25.3 Å². The molecule has 3 aromatic rings. The van der Waals surface area contributed by atoms with Crippen molar-refractivity contribution in [2.24, 2.45) is 0 Å². The molecule has 5 rings (SSSR count). The Bertz CT molecular complexity index is 1180. The Labute approximate surface area is 196 Å². The van der Waals surface area contributed by atoms with Crippen molar-refractivity contribution in [1.82, 2.24) is 4.90 Å². The van der Waals surface area contributed by atoms with Crippen molar-refractivity contribution >= 4 is 17.5 Å². The van der Waals surface area contributed by atoms with Gasteiger partial charge in [-0.3, -0.25) is 9.59 Å². The van der Waals surface area contributed by atoms with Gasteiger partial charge >= 0.3 is 0 Å². The Morgan fingerprint density at radius 2 is 1.79 bits per heavy atom. The molecule has 2 N–H and O–H groups in total. The highest BCUT2D eigenvalue weighted by Gasteiger charge is 2.34. The maximum absolute atomic E-state index is 12.6. The molecule has 2 aliphatic rings. The van der Waals surface area contributed by atoms with Gasteiger partial charge in [-0.25, -0.2) is 0 Å². The first kappa shape index (κ1) is 21.9. The normalized spacial score (nSPS) is 18.0. The van der Waals surface area contributed by atoms with Crippen LogP contribution in [0, 0.1) is 0 Å². The van der Waals surface area contributed by atoms with Gasteiger partial charge in [0.25, 0.3) is 5.91 Å². The fraction of sp³-hybridized carbons (Fsp3) is 0.231. The lowest BCUT2D eigenvalue weighted by Crippen LogP contribution is -2.51. The van der Waals surface area contributed by atoms with E-state index in [4.69, 9.17) is 14.2 Å². The molecule has 3 aromatic carbocycles. The number of hydrogen-bond donors (Lipinski definition) is 2. The van der Waals surface area contributed by atoms with Crippen LogP contribution in [0.4, 0.5) is 5.69 Å². The Morgan fingerprint density at radius 3 is 2.59 bits per heavy atom. The first-order valence-electron chi connectivity index (χ1n) is 11.0. The number of aliphatic hydroxyl groups is 1. The number of morpholine rings is 1. The van der Waals surface area contributed by atoms with Crippen LogP contribution in [-0.2, 0) is 16.1 Å². The van der Waals surface area contributed by atoms with Crippen molar-refractivity contribution in [1.29, 1.82) is 0 Å². The fourth-order valence-electron chi connectivity index (χ4n) is 4.10. The largest absolute Gasteiger partial charge is 0.454 e. The molecule has 8 nitrogen and oxygen atoms in total. The van der Waals surface area contributed by atoms with Crippen LogP contribution >= 0.6 is 0 Å². The summed E-state index contributed by atoms with van der Waals surface area (Å²) in [6, 6.07) is 21.1. The van der Waals surface area contributed by atoms with Gasteiger partial charge in [0.15, 0.2) is 11.5 Å². The second-order valence-electron chi connectivity index (χ2n) is 8.18. The first-order chi connectivity index (χ1) is 16.6. The molecule has 2 heterocycles. The molecule has 0 aliphatic carbocycles. The second-order valence-corrected chi connectivity index (χ2v) is 8.18. The van der Waals surface area contributed by atoms with Crippen molar-refractivity contribution in [3.05, 3.63) is 89.5 Å². The summed E-state index contributed by atoms with van der Waals surface area (Å²) < 4.78 is 16.0. The number of fused-ring (bicyclic) bond motifs is 1. The molecule has 2 aliphatic heterocycles. The number of ether oxygens (including phenoxy) is 3. The highest BCUT2D eigenvalue weighted by Crippen LogP contribution is 2.33. The standard InChI is InChI=1S/C26H24N2O6/c29-24-15-32-14-21(28(24)13-17-4-2-1-3-5-17)25(30)18-6-9-20(10-7-18)27-26(31)19-8-11-22-23(12-19)34-16-33-22/h1-12,21,25,30H,13-16H2,(H,27,31). The molecule has 0 saturated carbocycles. The number of nitrogens with zero attached hydrogens (tertiary/aromatic N) is 1. The Kier molecular flexibility index (Phi) is 6.16. The summed E-state index contributed by atoms with van der Waals surface area (Å²) in [5.74, 6) is 0.704. The molecule has 0 aromatic heterocycles. The number of anilines is 1. The van der Waals surface area contributed by atoms with Crippen molar-refractivity contribution in [2.45, 2.75) is 18.7 Å². The molecule has 2 unspecified atom stereocenters. The zero-order valence-electron chi connectivity index (χ0n) is 18.3. The van der Waals surface area contributed by atoms with E-state index in [0.717, 1.165) is 5.56 Å². The molecule has 2 atom stereocenters. The lowest BCUT2D eigenvalue weighted by molar-refractivity contribution is -0.155. The minimum atomic E-state index is -0.938. The van der Waals surface area contributed by atoms with Gasteiger partial charge in [0, 0.05) is 17.8 Å². The molecule has 1 saturated heterocycles. The third-order valence-electron chi connectivity index (χ3n) is 5.94. The van der Waals surface area contributed by atoms with E-state index in [0.29, 0.717) is 34.9 Å². The van der Waals surface area contributed by atoms with Gasteiger partial charge in [-0.1, -0.05) is 42.5 Å². The summed E-state index contributed by atoms with van der Waals surface area (Å²) in [5, 5.41) is 13.9. The predicted octanol–water partition coefficient (Wildman–Crippen LogP) is 3.13. The monoisotopic (exact) mass is 460 g/mol. The number of rotatable bonds is 6. The van der Waals surface area contributed by atoms with Crippen molar-refractivity contribution in [3.63, 3.8) is 0 Å². The molecule has 174 valence electrons. The smallest absolute Gasteiger partial charge is 0.255 e. The minimum absolute atomic E-state index is 0.000875. The maximum Gasteiger partial charge on any atom is 0.255 e. The molecule has 8 heteroatoms. The maximum atomic E-state index is 12.6. The van der Waals surface area contributed by atoms with Crippen LogP contribution in [0.3, 0.4) is 0 Å². The number of amides is 2. The lowest BCUT2D eigenvalue weighted by atomic mass is 9.99. The van der Waals surface area contributed by atoms with E-state index in [9.17, 15) is 14.7 Å². The van der Waals surface area contributed by atoms with E-state index < -0.39 is 12.1 Å². The molecule has 34 heavy (non-hydrogen) atoms. The topological polar surface area (TPSA) is 97.3 Å². The molecule has 0 bridgehead atoms. The third-order valence-corrected chi connectivity index (χ3v) is 5.94. The summed E-state index contributed by atoms with van der Waals surface area (Å²) >= 11 is 0. The molecule has 0 spiro atoms. The van der Waals surface area contributed by atoms with Crippen LogP contribution in [0.15, 0.2) is 72.8 Å². The van der Waals surface area contributed by atoms with Crippen LogP contribution in [0.25, 0.3) is 0 Å². The first-order valence-corrected chi connectivity index (χ1v) is 11.0. The van der Waals surface area contributed by atoms with Gasteiger partial charge < -0.3 is 29.5 Å². The molecule has 0 radical (unpaired) electrons. The summed E-state index contributed by atoms with van der Waals surface area (Å²) in [6.45, 7) is 0.780. The predicted molar refractivity (Wildman–Crippen MR) is 124 cm³/mol. The van der Waals surface area contributed by atoms with Gasteiger partial charge in [0.1, 0.15) is 12.7 Å². The van der Waals surface area contributed by atoms with Crippen LogP contribution in [0.2, 0.25) is 0 Å². The van der Waals surface area contributed by atoms with E-state index in [-0.39, 0.29) is 31.8 Å². The summed E-state index contributed by atoms with van der Waals surface area (Å²) in [6.07, 6.45) is -0.938.